The Morgan fingerprint density at radius 3 is 1.50 bits per heavy atom. The van der Waals surface area contributed by atoms with Crippen LogP contribution in [0.25, 0.3) is 0 Å². The number of hydrogen-bond acceptors (Lipinski definition) is 1. The third kappa shape index (κ3) is 6.52. The molecule has 1 aliphatic heterocycles. The van der Waals surface area contributed by atoms with E-state index in [4.69, 9.17) is 4.74 Å². The molecular formula is C6H10NaO. The van der Waals surface area contributed by atoms with Crippen LogP contribution < -0.4 is 0 Å². The van der Waals surface area contributed by atoms with Crippen molar-refractivity contribution in [3.8, 4) is 12.8 Å². The minimum absolute atomic E-state index is 0. The first-order chi connectivity index (χ1) is 3.50. The van der Waals surface area contributed by atoms with Crippen molar-refractivity contribution < 1.29 is 4.74 Å². The van der Waals surface area contributed by atoms with Gasteiger partial charge in [-0.1, -0.05) is 0 Å². The smallest absolute Gasteiger partial charge is 0.0466 e. The van der Waals surface area contributed by atoms with Gasteiger partial charge in [0.05, 0.1) is 0 Å². The van der Waals surface area contributed by atoms with Gasteiger partial charge in [0, 0.05) is 42.8 Å². The van der Waals surface area contributed by atoms with Gasteiger partial charge in [0.25, 0.3) is 0 Å². The summed E-state index contributed by atoms with van der Waals surface area (Å²) in [5.74, 6) is 0. The molecule has 1 saturated heterocycles. The fourth-order valence-corrected chi connectivity index (χ4v) is 0.510. The average molecular weight is 121 g/mol. The molecule has 1 nitrogen and oxygen atoms in total. The molecule has 0 aromatic carbocycles. The van der Waals surface area contributed by atoms with Crippen LogP contribution in [-0.2, 0) is 4.74 Å². The standard InChI is InChI=1S/C4H8O.C2H2.Na/c1-2-4-5-3-1;1-2;/h1-4H2;1-2H;. The maximum Gasteiger partial charge on any atom is 0.0466 e. The molecule has 1 radical (unpaired) electrons. The van der Waals surface area contributed by atoms with Gasteiger partial charge in [-0.15, -0.1) is 12.8 Å². The molecule has 1 rings (SSSR count). The largest absolute Gasteiger partial charge is 0.381 e. The molecule has 0 atom stereocenters. The second kappa shape index (κ2) is 10.5. The SMILES string of the molecule is C#C.C1CCOC1.[Na]. The van der Waals surface area contributed by atoms with Gasteiger partial charge in [-0.2, -0.15) is 0 Å². The summed E-state index contributed by atoms with van der Waals surface area (Å²) in [6.07, 6.45) is 10.6. The van der Waals surface area contributed by atoms with Gasteiger partial charge in [-0.05, 0) is 12.8 Å². The van der Waals surface area contributed by atoms with Crippen LogP contribution in [0.3, 0.4) is 0 Å². The fraction of sp³-hybridized carbons (Fsp3) is 0.667. The maximum absolute atomic E-state index is 4.94. The van der Waals surface area contributed by atoms with Gasteiger partial charge < -0.3 is 4.74 Å². The molecule has 0 spiro atoms. The van der Waals surface area contributed by atoms with E-state index in [9.17, 15) is 0 Å². The van der Waals surface area contributed by atoms with Crippen molar-refractivity contribution in [2.24, 2.45) is 0 Å². The second-order valence-electron chi connectivity index (χ2n) is 1.32. The fourth-order valence-electron chi connectivity index (χ4n) is 0.510. The molecule has 0 amide bonds. The Labute approximate surface area is 73.1 Å². The molecule has 1 aliphatic rings. The minimum Gasteiger partial charge on any atom is -0.381 e. The predicted molar refractivity (Wildman–Crippen MR) is 35.7 cm³/mol. The third-order valence-electron chi connectivity index (χ3n) is 0.827. The van der Waals surface area contributed by atoms with E-state index in [2.05, 4.69) is 12.8 Å². The molecule has 0 saturated carbocycles. The van der Waals surface area contributed by atoms with Crippen LogP contribution >= 0.6 is 0 Å². The van der Waals surface area contributed by atoms with Crippen LogP contribution in [0.1, 0.15) is 12.8 Å². The van der Waals surface area contributed by atoms with Crippen LogP contribution in [0.4, 0.5) is 0 Å². The number of rotatable bonds is 0. The van der Waals surface area contributed by atoms with E-state index >= 15 is 0 Å². The first kappa shape index (κ1) is 11.3. The quantitative estimate of drug-likeness (QED) is 0.338. The van der Waals surface area contributed by atoms with Crippen LogP contribution in [0.15, 0.2) is 0 Å². The van der Waals surface area contributed by atoms with Gasteiger partial charge in [0.15, 0.2) is 0 Å². The van der Waals surface area contributed by atoms with Crippen LogP contribution in [0.2, 0.25) is 0 Å². The van der Waals surface area contributed by atoms with E-state index in [1.54, 1.807) is 0 Å². The molecule has 0 bridgehead atoms. The zero-order valence-electron chi connectivity index (χ0n) is 5.39. The molecular weight excluding hydrogens is 111 g/mol. The Kier molecular flexibility index (Phi) is 14.9. The zero-order valence-corrected chi connectivity index (χ0v) is 7.39. The average Bonchev–Trinajstić information content (AvgIpc) is 2.23. The molecule has 0 aliphatic carbocycles. The molecule has 1 heterocycles. The molecule has 1 fully saturated rings. The monoisotopic (exact) mass is 121 g/mol. The maximum atomic E-state index is 4.94. The molecule has 41 valence electrons. The van der Waals surface area contributed by atoms with Gasteiger partial charge >= 0.3 is 0 Å². The van der Waals surface area contributed by atoms with Crippen LogP contribution in [0.5, 0.6) is 0 Å². The first-order valence-electron chi connectivity index (χ1n) is 2.41. The van der Waals surface area contributed by atoms with Gasteiger partial charge in [0.1, 0.15) is 0 Å². The summed E-state index contributed by atoms with van der Waals surface area (Å²) in [5.41, 5.74) is 0. The van der Waals surface area contributed by atoms with Crippen molar-refractivity contribution in [3.05, 3.63) is 0 Å². The number of hydrogen-bond donors (Lipinski definition) is 0. The number of ether oxygens (including phenoxy) is 1. The van der Waals surface area contributed by atoms with Crippen molar-refractivity contribution >= 4 is 29.6 Å². The van der Waals surface area contributed by atoms with Crippen molar-refractivity contribution in [2.45, 2.75) is 12.8 Å². The zero-order chi connectivity index (χ0) is 5.54. The molecule has 2 heteroatoms. The Balaban J connectivity index is 0. The van der Waals surface area contributed by atoms with Crippen LogP contribution in [-0.4, -0.2) is 42.8 Å². The van der Waals surface area contributed by atoms with Crippen molar-refractivity contribution in [1.82, 2.24) is 0 Å². The van der Waals surface area contributed by atoms with E-state index in [1.807, 2.05) is 0 Å². The van der Waals surface area contributed by atoms with E-state index < -0.39 is 0 Å². The van der Waals surface area contributed by atoms with Crippen molar-refractivity contribution in [1.29, 1.82) is 0 Å². The van der Waals surface area contributed by atoms with Crippen molar-refractivity contribution in [3.63, 3.8) is 0 Å². The predicted octanol–water partition coefficient (Wildman–Crippen LogP) is 0.665. The Bertz CT molecular complexity index is 40.1. The normalized spacial score (nSPS) is 15.2. The van der Waals surface area contributed by atoms with Gasteiger partial charge in [-0.25, -0.2) is 0 Å². The van der Waals surface area contributed by atoms with E-state index in [-0.39, 0.29) is 29.6 Å². The van der Waals surface area contributed by atoms with Crippen LogP contribution in [0, 0.1) is 12.8 Å². The molecule has 0 unspecified atom stereocenters. The summed E-state index contributed by atoms with van der Waals surface area (Å²) in [5, 5.41) is 0. The summed E-state index contributed by atoms with van der Waals surface area (Å²) in [6, 6.07) is 0. The molecule has 0 aromatic rings. The summed E-state index contributed by atoms with van der Waals surface area (Å²) >= 11 is 0. The topological polar surface area (TPSA) is 9.23 Å². The number of terminal acetylenes is 1. The van der Waals surface area contributed by atoms with E-state index in [0.717, 1.165) is 13.2 Å². The Hall–Kier alpha value is 0.520. The summed E-state index contributed by atoms with van der Waals surface area (Å²) < 4.78 is 4.94. The van der Waals surface area contributed by atoms with Crippen molar-refractivity contribution in [2.75, 3.05) is 13.2 Å². The first-order valence-corrected chi connectivity index (χ1v) is 2.41. The Morgan fingerprint density at radius 2 is 1.38 bits per heavy atom. The minimum atomic E-state index is 0. The summed E-state index contributed by atoms with van der Waals surface area (Å²) in [7, 11) is 0. The second-order valence-corrected chi connectivity index (χ2v) is 1.32. The van der Waals surface area contributed by atoms with Gasteiger partial charge in [0.2, 0.25) is 0 Å². The summed E-state index contributed by atoms with van der Waals surface area (Å²) in [4.78, 5) is 0. The molecule has 8 heavy (non-hydrogen) atoms. The Morgan fingerprint density at radius 1 is 1.00 bits per heavy atom. The molecule has 0 aromatic heterocycles. The van der Waals surface area contributed by atoms with E-state index in [0.29, 0.717) is 0 Å². The molecule has 0 N–H and O–H groups in total. The van der Waals surface area contributed by atoms with Gasteiger partial charge in [-0.3, -0.25) is 0 Å². The van der Waals surface area contributed by atoms with E-state index in [1.165, 1.54) is 12.8 Å². The third-order valence-corrected chi connectivity index (χ3v) is 0.827. The summed E-state index contributed by atoms with van der Waals surface area (Å²) in [6.45, 7) is 2.00.